The van der Waals surface area contributed by atoms with Crippen LogP contribution in [0.4, 0.5) is 0 Å². The summed E-state index contributed by atoms with van der Waals surface area (Å²) in [7, 11) is 10.9. The molecule has 0 spiro atoms. The van der Waals surface area contributed by atoms with E-state index in [0.717, 1.165) is 9.52 Å². The van der Waals surface area contributed by atoms with Crippen LogP contribution in [0.15, 0.2) is 146 Å². The summed E-state index contributed by atoms with van der Waals surface area (Å²) < 4.78 is 0. The third-order valence-electron chi connectivity index (χ3n) is 9.42. The van der Waals surface area contributed by atoms with Crippen molar-refractivity contribution < 1.29 is 17.0 Å². The molecule has 0 fully saturated rings. The van der Waals surface area contributed by atoms with Crippen LogP contribution in [-0.4, -0.2) is 9.52 Å². The Hall–Kier alpha value is -3.43. The maximum absolute atomic E-state index is 4.89. The Kier molecular flexibility index (Phi) is 15.8. The van der Waals surface area contributed by atoms with E-state index in [2.05, 4.69) is 173 Å². The van der Waals surface area contributed by atoms with Gasteiger partial charge in [-0.1, -0.05) is 161 Å². The second-order valence-corrected chi connectivity index (χ2v) is 16.8. The Morgan fingerprint density at radius 2 is 0.808 bits per heavy atom. The summed E-state index contributed by atoms with van der Waals surface area (Å²) in [5.41, 5.74) is 8.30. The standard InChI is InChI=1S/2C23H21.C2H6Si.2ClH.Ti/c2*1-2-3-8-17-15-19-11-7-14-22(23(19)16-17)21-13-6-10-18-9-4-5-12-20(18)21;1-3-2;;;/h2*4-7,9-16H,2-3,8H2,1H3;1-2H3;2*1H;/q2*-1;;;;+2/p-2. The number of unbranched alkanes of at least 4 members (excludes halogenated alkanes) is 2. The minimum atomic E-state index is -0.556. The predicted octanol–water partition coefficient (Wildman–Crippen LogP) is 15.6. The second-order valence-electron chi connectivity index (χ2n) is 13.2. The first-order valence-corrected chi connectivity index (χ1v) is 24.7. The fourth-order valence-electron chi connectivity index (χ4n) is 7.03. The third-order valence-corrected chi connectivity index (χ3v) is 9.42. The zero-order valence-electron chi connectivity index (χ0n) is 30.9. The van der Waals surface area contributed by atoms with Crippen molar-refractivity contribution >= 4 is 71.2 Å². The molecule has 0 aliphatic heterocycles. The van der Waals surface area contributed by atoms with Gasteiger partial charge in [-0.3, -0.25) is 0 Å². The second kappa shape index (κ2) is 20.7. The third kappa shape index (κ3) is 9.95. The summed E-state index contributed by atoms with van der Waals surface area (Å²) in [5, 5.41) is 10.8. The molecule has 0 amide bonds. The minimum absolute atomic E-state index is 0.556. The Morgan fingerprint density at radius 1 is 0.481 bits per heavy atom. The summed E-state index contributed by atoms with van der Waals surface area (Å²) >= 11 is -0.556. The first kappa shape index (κ1) is 39.8. The molecule has 0 heterocycles. The molecule has 0 nitrogen and oxygen atoms in total. The molecule has 0 aromatic heterocycles. The molecule has 0 bridgehead atoms. The summed E-state index contributed by atoms with van der Waals surface area (Å²) in [6, 6.07) is 53.4. The van der Waals surface area contributed by atoms with Gasteiger partial charge in [-0.05, 0) is 45.5 Å². The Bertz CT molecular complexity index is 2120. The topological polar surface area (TPSA) is 0 Å². The molecule has 264 valence electrons. The van der Waals surface area contributed by atoms with Gasteiger partial charge in [-0.2, -0.15) is 12.1 Å². The van der Waals surface area contributed by atoms with Crippen LogP contribution in [0.25, 0.3) is 65.3 Å². The van der Waals surface area contributed by atoms with E-state index < -0.39 is 17.0 Å². The van der Waals surface area contributed by atoms with E-state index >= 15 is 0 Å². The normalized spacial score (nSPS) is 10.7. The van der Waals surface area contributed by atoms with Crippen molar-refractivity contribution in [3.8, 4) is 22.3 Å². The average Bonchev–Trinajstić information content (AvgIpc) is 3.81. The van der Waals surface area contributed by atoms with Gasteiger partial charge >= 0.3 is 35.6 Å². The van der Waals surface area contributed by atoms with Gasteiger partial charge in [0, 0.05) is 9.52 Å². The van der Waals surface area contributed by atoms with Crippen molar-refractivity contribution in [2.24, 2.45) is 0 Å². The van der Waals surface area contributed by atoms with Gasteiger partial charge < -0.3 is 0 Å². The number of hydrogen-bond donors (Lipinski definition) is 0. The fraction of sp³-hybridized carbons (Fsp3) is 0.208. The molecular weight excluding hydrogens is 723 g/mol. The fourth-order valence-corrected chi connectivity index (χ4v) is 7.03. The molecule has 4 heteroatoms. The molecule has 0 N–H and O–H groups in total. The number of aryl methyl sites for hydroxylation is 2. The monoisotopic (exact) mass is 770 g/mol. The zero-order valence-corrected chi connectivity index (χ0v) is 34.9. The van der Waals surface area contributed by atoms with Gasteiger partial charge in [0.15, 0.2) is 0 Å². The molecular formula is C48H48Cl2SiTi-2. The van der Waals surface area contributed by atoms with Crippen molar-refractivity contribution in [2.75, 3.05) is 0 Å². The summed E-state index contributed by atoms with van der Waals surface area (Å²) in [6.07, 6.45) is 7.38. The average molecular weight is 772 g/mol. The molecule has 0 atom stereocenters. The van der Waals surface area contributed by atoms with Gasteiger partial charge in [0.1, 0.15) is 0 Å². The van der Waals surface area contributed by atoms with E-state index in [1.807, 2.05) is 0 Å². The Balaban J connectivity index is 0.000000175. The van der Waals surface area contributed by atoms with Crippen molar-refractivity contribution in [1.29, 1.82) is 0 Å². The predicted molar refractivity (Wildman–Crippen MR) is 231 cm³/mol. The van der Waals surface area contributed by atoms with E-state index in [4.69, 9.17) is 18.6 Å². The van der Waals surface area contributed by atoms with Crippen LogP contribution in [0.5, 0.6) is 0 Å². The van der Waals surface area contributed by atoms with Crippen molar-refractivity contribution in [3.63, 3.8) is 0 Å². The Labute approximate surface area is 330 Å². The van der Waals surface area contributed by atoms with Gasteiger partial charge in [0.25, 0.3) is 0 Å². The zero-order chi connectivity index (χ0) is 36.7. The van der Waals surface area contributed by atoms with E-state index in [1.54, 1.807) is 0 Å². The van der Waals surface area contributed by atoms with Gasteiger partial charge in [0.05, 0.1) is 0 Å². The molecule has 8 rings (SSSR count). The summed E-state index contributed by atoms with van der Waals surface area (Å²) in [4.78, 5) is 0. The maximum atomic E-state index is 4.89. The molecule has 0 saturated carbocycles. The number of hydrogen-bond acceptors (Lipinski definition) is 0. The number of benzene rings is 6. The van der Waals surface area contributed by atoms with Crippen LogP contribution in [0.1, 0.15) is 50.7 Å². The van der Waals surface area contributed by atoms with Crippen LogP contribution in [0, 0.1) is 0 Å². The SMILES string of the molecule is CCCCc1cc2c(-c3cccc4ccccc34)cccc2[cH-]1.CCCCc1cc2c(-c3cccc4ccccc34)cccc2[cH-]1.C[Si]C.[Cl][Ti][Cl]. The first-order valence-electron chi connectivity index (χ1n) is 18.4. The van der Waals surface area contributed by atoms with E-state index in [9.17, 15) is 0 Å². The van der Waals surface area contributed by atoms with E-state index in [1.165, 1.54) is 115 Å². The van der Waals surface area contributed by atoms with Crippen LogP contribution in [0.2, 0.25) is 13.1 Å². The van der Waals surface area contributed by atoms with Gasteiger partial charge in [-0.25, -0.2) is 0 Å². The molecule has 2 radical (unpaired) electrons. The number of rotatable bonds is 8. The Morgan fingerprint density at radius 3 is 1.19 bits per heavy atom. The quantitative estimate of drug-likeness (QED) is 0.107. The summed E-state index contributed by atoms with van der Waals surface area (Å²) in [6.45, 7) is 8.81. The van der Waals surface area contributed by atoms with Crippen molar-refractivity contribution in [2.45, 2.75) is 65.5 Å². The van der Waals surface area contributed by atoms with Crippen LogP contribution in [-0.2, 0) is 29.9 Å². The summed E-state index contributed by atoms with van der Waals surface area (Å²) in [5.74, 6) is 0. The van der Waals surface area contributed by atoms with Crippen molar-refractivity contribution in [3.05, 3.63) is 157 Å². The van der Waals surface area contributed by atoms with Crippen molar-refractivity contribution in [1.82, 2.24) is 0 Å². The molecule has 8 aromatic rings. The van der Waals surface area contributed by atoms with E-state index in [0.29, 0.717) is 0 Å². The van der Waals surface area contributed by atoms with Gasteiger partial charge in [0.2, 0.25) is 0 Å². The molecule has 0 unspecified atom stereocenters. The van der Waals surface area contributed by atoms with Crippen LogP contribution < -0.4 is 0 Å². The first-order chi connectivity index (χ1) is 25.6. The number of halogens is 2. The van der Waals surface area contributed by atoms with E-state index in [-0.39, 0.29) is 0 Å². The molecule has 0 aliphatic rings. The van der Waals surface area contributed by atoms with Gasteiger partial charge in [-0.15, -0.1) is 69.1 Å². The molecule has 0 saturated heterocycles. The molecule has 52 heavy (non-hydrogen) atoms. The molecule has 8 aromatic carbocycles. The van der Waals surface area contributed by atoms with Crippen LogP contribution in [0.3, 0.4) is 0 Å². The number of fused-ring (bicyclic) bond motifs is 4. The van der Waals surface area contributed by atoms with Crippen LogP contribution >= 0.6 is 18.6 Å². The molecule has 0 aliphatic carbocycles.